The summed E-state index contributed by atoms with van der Waals surface area (Å²) in [6, 6.07) is 62.4. The summed E-state index contributed by atoms with van der Waals surface area (Å²) in [4.78, 5) is 16.0. The fourth-order valence-electron chi connectivity index (χ4n) is 9.25. The van der Waals surface area contributed by atoms with E-state index in [4.69, 9.17) is 15.0 Å². The molecule has 306 valence electrons. The number of para-hydroxylation sites is 2. The van der Waals surface area contributed by atoms with Crippen LogP contribution in [0.25, 0.3) is 60.8 Å². The van der Waals surface area contributed by atoms with Crippen molar-refractivity contribution in [2.24, 2.45) is 9.98 Å². The monoisotopic (exact) mass is 823 g/mol. The second-order valence-electron chi connectivity index (χ2n) is 16.3. The van der Waals surface area contributed by atoms with Crippen LogP contribution in [0.15, 0.2) is 240 Å². The van der Waals surface area contributed by atoms with Crippen LogP contribution in [0.2, 0.25) is 0 Å². The molecule has 0 saturated heterocycles. The first-order chi connectivity index (χ1) is 31.7. The third-order valence-electron chi connectivity index (χ3n) is 12.3. The Bertz CT molecular complexity index is 3240. The molecule has 64 heavy (non-hydrogen) atoms. The largest absolute Gasteiger partial charge is 0.344 e. The van der Waals surface area contributed by atoms with Crippen LogP contribution in [-0.2, 0) is 0 Å². The molecule has 1 aromatic heterocycles. The number of aromatic nitrogens is 1. The van der Waals surface area contributed by atoms with Gasteiger partial charge >= 0.3 is 0 Å². The summed E-state index contributed by atoms with van der Waals surface area (Å²) >= 11 is 0. The van der Waals surface area contributed by atoms with Gasteiger partial charge in [0.2, 0.25) is 0 Å². The van der Waals surface area contributed by atoms with E-state index >= 15 is 0 Å². The normalized spacial score (nSPS) is 19.4. The fraction of sp³-hybridized carbons (Fsp3) is 0.0678. The minimum absolute atomic E-state index is 0.0794. The molecule has 0 radical (unpaired) electrons. The number of hydrogen-bond donors (Lipinski definition) is 2. The van der Waals surface area contributed by atoms with Gasteiger partial charge in [-0.25, -0.2) is 15.0 Å². The van der Waals surface area contributed by atoms with Crippen molar-refractivity contribution in [3.8, 4) is 33.4 Å². The van der Waals surface area contributed by atoms with Gasteiger partial charge < -0.3 is 10.6 Å². The van der Waals surface area contributed by atoms with E-state index < -0.39 is 6.17 Å². The van der Waals surface area contributed by atoms with Crippen molar-refractivity contribution in [2.45, 2.75) is 19.1 Å². The number of nitrogens with one attached hydrogen (secondary N) is 2. The summed E-state index contributed by atoms with van der Waals surface area (Å²) < 4.78 is 0. The standard InChI is InChI=1S/C59H45N5/c1-2-39-25-18-32-60-52-29-15-12-26-49(52)55(39)45-33-43(40-19-6-3-7-20-40)35-47(37-45)58-62-57(42-23-10-5-11-24-42)63-59(64-58)48-36-44(41-21-8-4-9-22-41)34-46(38-48)56-50-27-13-16-30-53(50)61-54-31-17-14-28-51(54)56/h2-31,33-38,52,57,60H,32H2,1H3,(H,62,63,64)/b25-18-,39-2+,55-49+. The molecule has 3 aliphatic rings. The van der Waals surface area contributed by atoms with Crippen LogP contribution in [-0.4, -0.2) is 29.2 Å². The molecule has 8 aromatic rings. The SMILES string of the molecule is C/C=C1\C=C/CNC2C=CC=C\C2=C\1c1cc(C2=NC(c3cc(-c4ccccc4)cc(-c4c5ccccc5nc5ccccc45)c3)=NC(c3ccccc3)N2)cc(-c2ccccc2)c1. The highest BCUT2D eigenvalue weighted by atomic mass is 15.2. The maximum Gasteiger partial charge on any atom is 0.159 e. The van der Waals surface area contributed by atoms with Gasteiger partial charge in [-0.2, -0.15) is 0 Å². The van der Waals surface area contributed by atoms with Crippen LogP contribution in [0.1, 0.15) is 35.3 Å². The highest BCUT2D eigenvalue weighted by molar-refractivity contribution is 6.16. The Kier molecular flexibility index (Phi) is 10.4. The lowest BCUT2D eigenvalue weighted by Gasteiger charge is -2.27. The average Bonchev–Trinajstić information content (AvgIpc) is 3.36. The van der Waals surface area contributed by atoms with Crippen molar-refractivity contribution in [1.82, 2.24) is 15.6 Å². The Morgan fingerprint density at radius 1 is 0.547 bits per heavy atom. The van der Waals surface area contributed by atoms with Gasteiger partial charge in [0.25, 0.3) is 0 Å². The first-order valence-corrected chi connectivity index (χ1v) is 22.0. The molecular weight excluding hydrogens is 779 g/mol. The van der Waals surface area contributed by atoms with Crippen molar-refractivity contribution in [2.75, 3.05) is 6.54 Å². The third kappa shape index (κ3) is 7.53. The van der Waals surface area contributed by atoms with E-state index in [0.717, 1.165) is 89.8 Å². The maximum atomic E-state index is 5.53. The number of nitrogens with zero attached hydrogens (tertiary/aromatic N) is 3. The molecule has 5 nitrogen and oxygen atoms in total. The van der Waals surface area contributed by atoms with Crippen molar-refractivity contribution < 1.29 is 0 Å². The third-order valence-corrected chi connectivity index (χ3v) is 12.3. The lowest BCUT2D eigenvalue weighted by atomic mass is 9.84. The molecule has 0 spiro atoms. The first-order valence-electron chi connectivity index (χ1n) is 22.0. The van der Waals surface area contributed by atoms with E-state index in [-0.39, 0.29) is 6.04 Å². The van der Waals surface area contributed by atoms with Crippen LogP contribution in [0.4, 0.5) is 0 Å². The zero-order chi connectivity index (χ0) is 42.8. The fourth-order valence-corrected chi connectivity index (χ4v) is 9.25. The van der Waals surface area contributed by atoms with Crippen molar-refractivity contribution in [1.29, 1.82) is 0 Å². The number of fused-ring (bicyclic) bond motifs is 3. The summed E-state index contributed by atoms with van der Waals surface area (Å²) in [6.45, 7) is 2.92. The van der Waals surface area contributed by atoms with Gasteiger partial charge in [0.1, 0.15) is 12.0 Å². The number of pyridine rings is 1. The number of hydrogen-bond acceptors (Lipinski definition) is 5. The molecule has 0 bridgehead atoms. The maximum absolute atomic E-state index is 5.53. The predicted octanol–water partition coefficient (Wildman–Crippen LogP) is 13.2. The average molecular weight is 824 g/mol. The molecule has 2 aliphatic heterocycles. The number of rotatable bonds is 7. The van der Waals surface area contributed by atoms with E-state index in [1.54, 1.807) is 0 Å². The first kappa shape index (κ1) is 38.9. The van der Waals surface area contributed by atoms with Gasteiger partial charge in [-0.15, -0.1) is 0 Å². The molecule has 11 rings (SSSR count). The van der Waals surface area contributed by atoms with Crippen LogP contribution in [0.5, 0.6) is 0 Å². The number of aliphatic imine (C=N–C) groups is 2. The molecule has 2 atom stereocenters. The van der Waals surface area contributed by atoms with E-state index in [1.807, 2.05) is 0 Å². The molecule has 7 aromatic carbocycles. The zero-order valence-electron chi connectivity index (χ0n) is 35.5. The van der Waals surface area contributed by atoms with Crippen LogP contribution < -0.4 is 10.6 Å². The molecule has 3 heterocycles. The molecular formula is C59H45N5. The molecule has 0 saturated carbocycles. The van der Waals surface area contributed by atoms with Crippen molar-refractivity contribution in [3.05, 3.63) is 252 Å². The Morgan fingerprint density at radius 2 is 1.12 bits per heavy atom. The minimum Gasteiger partial charge on any atom is -0.344 e. The van der Waals surface area contributed by atoms with Gasteiger partial charge in [-0.1, -0.05) is 170 Å². The Hall–Kier alpha value is -7.99. The molecule has 2 N–H and O–H groups in total. The van der Waals surface area contributed by atoms with E-state index in [0.29, 0.717) is 5.84 Å². The number of allylic oxidation sites excluding steroid dienone is 6. The summed E-state index contributed by atoms with van der Waals surface area (Å²) in [5.74, 6) is 1.41. The van der Waals surface area contributed by atoms with Gasteiger partial charge in [-0.3, -0.25) is 0 Å². The highest BCUT2D eigenvalue weighted by Gasteiger charge is 2.26. The number of benzene rings is 7. The van der Waals surface area contributed by atoms with Crippen molar-refractivity contribution >= 4 is 39.1 Å². The summed E-state index contributed by atoms with van der Waals surface area (Å²) in [6.07, 6.45) is 15.1. The van der Waals surface area contributed by atoms with Gasteiger partial charge in [0.05, 0.1) is 17.1 Å². The van der Waals surface area contributed by atoms with Crippen molar-refractivity contribution in [3.63, 3.8) is 0 Å². The summed E-state index contributed by atoms with van der Waals surface area (Å²) in [7, 11) is 0. The second-order valence-corrected chi connectivity index (χ2v) is 16.3. The van der Waals surface area contributed by atoms with E-state index in [2.05, 4.69) is 236 Å². The van der Waals surface area contributed by atoms with E-state index in [9.17, 15) is 0 Å². The van der Waals surface area contributed by atoms with Crippen LogP contribution in [0, 0.1) is 0 Å². The quantitative estimate of drug-likeness (QED) is 0.157. The molecule has 0 fully saturated rings. The Morgan fingerprint density at radius 3 is 1.81 bits per heavy atom. The van der Waals surface area contributed by atoms with Gasteiger partial charge in [-0.05, 0) is 111 Å². The number of amidine groups is 2. The summed E-state index contributed by atoms with van der Waals surface area (Å²) in [5.41, 5.74) is 16.3. The van der Waals surface area contributed by atoms with Gasteiger partial charge in [0.15, 0.2) is 5.84 Å². The van der Waals surface area contributed by atoms with Gasteiger partial charge in [0, 0.05) is 34.0 Å². The highest BCUT2D eigenvalue weighted by Crippen LogP contribution is 2.39. The topological polar surface area (TPSA) is 61.7 Å². The smallest absolute Gasteiger partial charge is 0.159 e. The second kappa shape index (κ2) is 17.1. The van der Waals surface area contributed by atoms with Crippen LogP contribution >= 0.6 is 0 Å². The lowest BCUT2D eigenvalue weighted by molar-refractivity contribution is 0.674. The van der Waals surface area contributed by atoms with E-state index in [1.165, 1.54) is 16.7 Å². The Labute approximate surface area is 374 Å². The molecule has 1 aliphatic carbocycles. The minimum atomic E-state index is -0.392. The molecule has 2 unspecified atom stereocenters. The van der Waals surface area contributed by atoms with Crippen LogP contribution in [0.3, 0.4) is 0 Å². The molecule has 5 heteroatoms. The zero-order valence-corrected chi connectivity index (χ0v) is 35.5. The molecule has 0 amide bonds. The lowest BCUT2D eigenvalue weighted by Crippen LogP contribution is -2.33. The summed E-state index contributed by atoms with van der Waals surface area (Å²) in [5, 5.41) is 9.74. The Balaban J connectivity index is 1.15. The predicted molar refractivity (Wildman–Crippen MR) is 267 cm³/mol.